The van der Waals surface area contributed by atoms with Gasteiger partial charge < -0.3 is 10.0 Å². The van der Waals surface area contributed by atoms with Gasteiger partial charge in [-0.25, -0.2) is 4.98 Å². The lowest BCUT2D eigenvalue weighted by molar-refractivity contribution is 0.0786. The third-order valence-corrected chi connectivity index (χ3v) is 4.00. The van der Waals surface area contributed by atoms with Crippen LogP contribution in [0.25, 0.3) is 0 Å². The van der Waals surface area contributed by atoms with Gasteiger partial charge in [0.1, 0.15) is 5.75 Å². The second-order valence-electron chi connectivity index (χ2n) is 4.19. The second kappa shape index (κ2) is 5.59. The van der Waals surface area contributed by atoms with E-state index in [1.165, 1.54) is 29.5 Å². The van der Waals surface area contributed by atoms with Crippen molar-refractivity contribution in [2.45, 2.75) is 13.5 Å². The number of thiazole rings is 1. The van der Waals surface area contributed by atoms with E-state index >= 15 is 0 Å². The highest BCUT2D eigenvalue weighted by atomic mass is 35.5. The quantitative estimate of drug-likeness (QED) is 0.947. The van der Waals surface area contributed by atoms with Gasteiger partial charge in [-0.3, -0.25) is 4.79 Å². The molecule has 0 saturated carbocycles. The molecule has 0 radical (unpaired) electrons. The van der Waals surface area contributed by atoms with Crippen molar-refractivity contribution in [3.8, 4) is 5.75 Å². The number of benzene rings is 1. The molecule has 1 N–H and O–H groups in total. The Morgan fingerprint density at radius 2 is 2.26 bits per heavy atom. The fourth-order valence-electron chi connectivity index (χ4n) is 1.65. The van der Waals surface area contributed by atoms with Crippen LogP contribution in [0.3, 0.4) is 0 Å². The first kappa shape index (κ1) is 13.8. The Morgan fingerprint density at radius 1 is 1.53 bits per heavy atom. The van der Waals surface area contributed by atoms with Crippen molar-refractivity contribution in [1.82, 2.24) is 9.88 Å². The summed E-state index contributed by atoms with van der Waals surface area (Å²) < 4.78 is 0. The molecule has 19 heavy (non-hydrogen) atoms. The Bertz CT molecular complexity index is 612. The predicted molar refractivity (Wildman–Crippen MR) is 75.8 cm³/mol. The average Bonchev–Trinajstić information content (AvgIpc) is 2.77. The molecule has 2 rings (SSSR count). The summed E-state index contributed by atoms with van der Waals surface area (Å²) in [5.74, 6) is -0.205. The summed E-state index contributed by atoms with van der Waals surface area (Å²) in [5, 5.41) is 9.76. The molecule has 0 spiro atoms. The van der Waals surface area contributed by atoms with E-state index in [4.69, 9.17) is 11.6 Å². The lowest BCUT2D eigenvalue weighted by Crippen LogP contribution is -2.26. The van der Waals surface area contributed by atoms with Crippen molar-refractivity contribution in [3.05, 3.63) is 44.9 Å². The minimum atomic E-state index is -0.228. The van der Waals surface area contributed by atoms with Gasteiger partial charge in [-0.05, 0) is 25.1 Å². The first-order valence-electron chi connectivity index (χ1n) is 5.62. The van der Waals surface area contributed by atoms with E-state index in [9.17, 15) is 9.90 Å². The lowest BCUT2D eigenvalue weighted by Gasteiger charge is -2.17. The standard InChI is InChI=1S/C13H13ClN2O2S/c1-8-12(19-7-15-8)6-16(2)13(18)10-5-9(17)3-4-11(10)14/h3-5,7,17H,6H2,1-2H3. The molecule has 2 aromatic rings. The van der Waals surface area contributed by atoms with E-state index in [0.29, 0.717) is 17.1 Å². The lowest BCUT2D eigenvalue weighted by atomic mass is 10.2. The largest absolute Gasteiger partial charge is 0.508 e. The summed E-state index contributed by atoms with van der Waals surface area (Å²) in [6.45, 7) is 2.38. The highest BCUT2D eigenvalue weighted by Crippen LogP contribution is 2.23. The topological polar surface area (TPSA) is 53.4 Å². The molecule has 100 valence electrons. The number of phenols is 1. The molecule has 0 aliphatic carbocycles. The number of phenolic OH excluding ortho intramolecular Hbond substituents is 1. The van der Waals surface area contributed by atoms with Crippen LogP contribution in [-0.2, 0) is 6.54 Å². The maximum Gasteiger partial charge on any atom is 0.255 e. The van der Waals surface area contributed by atoms with E-state index in [1.807, 2.05) is 6.92 Å². The van der Waals surface area contributed by atoms with Gasteiger partial charge >= 0.3 is 0 Å². The van der Waals surface area contributed by atoms with Crippen LogP contribution in [0.1, 0.15) is 20.9 Å². The third-order valence-electron chi connectivity index (χ3n) is 2.75. The average molecular weight is 297 g/mol. The van der Waals surface area contributed by atoms with E-state index in [2.05, 4.69) is 4.98 Å². The first-order chi connectivity index (χ1) is 8.99. The number of carbonyl (C=O) groups excluding carboxylic acids is 1. The van der Waals surface area contributed by atoms with E-state index in [0.717, 1.165) is 10.6 Å². The molecule has 0 atom stereocenters. The Hall–Kier alpha value is -1.59. The fraction of sp³-hybridized carbons (Fsp3) is 0.231. The van der Waals surface area contributed by atoms with Gasteiger partial charge in [-0.2, -0.15) is 0 Å². The molecule has 1 aromatic carbocycles. The molecule has 4 nitrogen and oxygen atoms in total. The monoisotopic (exact) mass is 296 g/mol. The van der Waals surface area contributed by atoms with Crippen LogP contribution in [0.5, 0.6) is 5.75 Å². The molecule has 0 unspecified atom stereocenters. The van der Waals surface area contributed by atoms with E-state index in [-0.39, 0.29) is 11.7 Å². The van der Waals surface area contributed by atoms with Crippen LogP contribution in [0.15, 0.2) is 23.7 Å². The maximum absolute atomic E-state index is 12.3. The number of aromatic hydroxyl groups is 1. The van der Waals surface area contributed by atoms with E-state index in [1.54, 1.807) is 17.5 Å². The Balaban J connectivity index is 2.19. The minimum Gasteiger partial charge on any atom is -0.508 e. The molecule has 0 aliphatic heterocycles. The smallest absolute Gasteiger partial charge is 0.255 e. The van der Waals surface area contributed by atoms with Gasteiger partial charge in [0.25, 0.3) is 5.91 Å². The number of hydrogen-bond donors (Lipinski definition) is 1. The highest BCUT2D eigenvalue weighted by Gasteiger charge is 2.17. The number of nitrogens with zero attached hydrogens (tertiary/aromatic N) is 2. The van der Waals surface area contributed by atoms with Gasteiger partial charge in [0.15, 0.2) is 0 Å². The van der Waals surface area contributed by atoms with Crippen molar-refractivity contribution in [2.24, 2.45) is 0 Å². The van der Waals surface area contributed by atoms with Gasteiger partial charge in [0.2, 0.25) is 0 Å². The summed E-state index contributed by atoms with van der Waals surface area (Å²) in [5.41, 5.74) is 2.97. The fourth-order valence-corrected chi connectivity index (χ4v) is 2.68. The van der Waals surface area contributed by atoms with Gasteiger partial charge in [0, 0.05) is 11.9 Å². The van der Waals surface area contributed by atoms with E-state index < -0.39 is 0 Å². The van der Waals surface area contributed by atoms with Crippen molar-refractivity contribution in [1.29, 1.82) is 0 Å². The maximum atomic E-state index is 12.3. The molecule has 0 fully saturated rings. The summed E-state index contributed by atoms with van der Waals surface area (Å²) >= 11 is 7.49. The number of amides is 1. The number of rotatable bonds is 3. The number of aromatic nitrogens is 1. The summed E-state index contributed by atoms with van der Waals surface area (Å²) in [6, 6.07) is 4.34. The molecule has 1 amide bonds. The van der Waals surface area contributed by atoms with Crippen molar-refractivity contribution in [3.63, 3.8) is 0 Å². The number of carbonyl (C=O) groups is 1. The molecule has 6 heteroatoms. The normalized spacial score (nSPS) is 10.5. The predicted octanol–water partition coefficient (Wildman–Crippen LogP) is 3.08. The van der Waals surface area contributed by atoms with Crippen LogP contribution in [0.4, 0.5) is 0 Å². The summed E-state index contributed by atoms with van der Waals surface area (Å²) in [6.07, 6.45) is 0. The van der Waals surface area contributed by atoms with Crippen LogP contribution >= 0.6 is 22.9 Å². The Kier molecular flexibility index (Phi) is 4.07. The summed E-state index contributed by atoms with van der Waals surface area (Å²) in [4.78, 5) is 19.0. The van der Waals surface area contributed by atoms with Crippen molar-refractivity contribution < 1.29 is 9.90 Å². The molecular formula is C13H13ClN2O2S. The van der Waals surface area contributed by atoms with Gasteiger partial charge in [0.05, 0.1) is 28.3 Å². The Morgan fingerprint density at radius 3 is 2.89 bits per heavy atom. The van der Waals surface area contributed by atoms with Crippen LogP contribution in [-0.4, -0.2) is 27.9 Å². The van der Waals surface area contributed by atoms with Crippen LogP contribution in [0.2, 0.25) is 5.02 Å². The van der Waals surface area contributed by atoms with Crippen molar-refractivity contribution in [2.75, 3.05) is 7.05 Å². The minimum absolute atomic E-state index is 0.0233. The number of aryl methyl sites for hydroxylation is 1. The SMILES string of the molecule is Cc1ncsc1CN(C)C(=O)c1cc(O)ccc1Cl. The molecule has 0 saturated heterocycles. The van der Waals surface area contributed by atoms with Gasteiger partial charge in [-0.15, -0.1) is 11.3 Å². The zero-order valence-corrected chi connectivity index (χ0v) is 12.1. The third kappa shape index (κ3) is 3.05. The first-order valence-corrected chi connectivity index (χ1v) is 6.87. The molecular weight excluding hydrogens is 284 g/mol. The molecule has 0 aliphatic rings. The Labute approximate surface area is 120 Å². The molecule has 0 bridgehead atoms. The second-order valence-corrected chi connectivity index (χ2v) is 5.53. The molecule has 1 aromatic heterocycles. The summed E-state index contributed by atoms with van der Waals surface area (Å²) in [7, 11) is 1.70. The zero-order valence-electron chi connectivity index (χ0n) is 10.6. The number of hydrogen-bond acceptors (Lipinski definition) is 4. The van der Waals surface area contributed by atoms with Gasteiger partial charge in [-0.1, -0.05) is 11.6 Å². The highest BCUT2D eigenvalue weighted by molar-refractivity contribution is 7.09. The van der Waals surface area contributed by atoms with Crippen LogP contribution < -0.4 is 0 Å². The van der Waals surface area contributed by atoms with Crippen molar-refractivity contribution >= 4 is 28.8 Å². The van der Waals surface area contributed by atoms with Crippen LogP contribution in [0, 0.1) is 6.92 Å². The zero-order chi connectivity index (χ0) is 14.0. The molecule has 1 heterocycles. The number of halogens is 1.